The Bertz CT molecular complexity index is 1610. The SMILES string of the molecule is CCCCCc1ccc(C(=O)NCCn2cc(CCCCCc3cnc(N)n3Cc3ccc4ccccc4c3)nn2)cc1.Cl. The third kappa shape index (κ3) is 9.16. The summed E-state index contributed by atoms with van der Waals surface area (Å²) in [7, 11) is 0. The summed E-state index contributed by atoms with van der Waals surface area (Å²) in [5.74, 6) is 0.507. The van der Waals surface area contributed by atoms with Gasteiger partial charge in [0, 0.05) is 24.0 Å². The average molecular weight is 614 g/mol. The van der Waals surface area contributed by atoms with Gasteiger partial charge in [0.1, 0.15) is 0 Å². The lowest BCUT2D eigenvalue weighted by atomic mass is 10.1. The Morgan fingerprint density at radius 3 is 2.43 bits per heavy atom. The van der Waals surface area contributed by atoms with Crippen molar-refractivity contribution in [3.8, 4) is 0 Å². The molecule has 0 aliphatic heterocycles. The van der Waals surface area contributed by atoms with Crippen LogP contribution in [0.3, 0.4) is 0 Å². The lowest BCUT2D eigenvalue weighted by Crippen LogP contribution is -2.27. The molecular weight excluding hydrogens is 570 g/mol. The zero-order valence-electron chi connectivity index (χ0n) is 25.6. The molecule has 0 aliphatic rings. The number of halogens is 1. The molecule has 232 valence electrons. The number of carbonyl (C=O) groups is 1. The van der Waals surface area contributed by atoms with Gasteiger partial charge < -0.3 is 15.6 Å². The largest absolute Gasteiger partial charge is 0.369 e. The van der Waals surface area contributed by atoms with Crippen LogP contribution in [0.5, 0.6) is 0 Å². The van der Waals surface area contributed by atoms with Crippen molar-refractivity contribution in [2.75, 3.05) is 12.3 Å². The minimum Gasteiger partial charge on any atom is -0.369 e. The van der Waals surface area contributed by atoms with Crippen LogP contribution < -0.4 is 11.1 Å². The van der Waals surface area contributed by atoms with E-state index < -0.39 is 0 Å². The second kappa shape index (κ2) is 16.6. The monoisotopic (exact) mass is 613 g/mol. The van der Waals surface area contributed by atoms with E-state index >= 15 is 0 Å². The minimum absolute atomic E-state index is 0. The fourth-order valence-corrected chi connectivity index (χ4v) is 5.47. The highest BCUT2D eigenvalue weighted by Gasteiger charge is 2.10. The molecule has 0 bridgehead atoms. The van der Waals surface area contributed by atoms with Gasteiger partial charge in [-0.25, -0.2) is 4.98 Å². The molecule has 8 nitrogen and oxygen atoms in total. The van der Waals surface area contributed by atoms with E-state index in [2.05, 4.69) is 86.7 Å². The maximum Gasteiger partial charge on any atom is 0.251 e. The topological polar surface area (TPSA) is 104 Å². The van der Waals surface area contributed by atoms with Gasteiger partial charge in [0.15, 0.2) is 0 Å². The van der Waals surface area contributed by atoms with Crippen molar-refractivity contribution in [1.82, 2.24) is 29.9 Å². The molecule has 0 aliphatic carbocycles. The highest BCUT2D eigenvalue weighted by molar-refractivity contribution is 5.94. The van der Waals surface area contributed by atoms with Gasteiger partial charge in [-0.2, -0.15) is 0 Å². The highest BCUT2D eigenvalue weighted by Crippen LogP contribution is 2.19. The number of benzene rings is 3. The van der Waals surface area contributed by atoms with Crippen LogP contribution in [0, 0.1) is 0 Å². The van der Waals surface area contributed by atoms with Gasteiger partial charge in [-0.15, -0.1) is 17.5 Å². The van der Waals surface area contributed by atoms with Crippen LogP contribution in [0.2, 0.25) is 0 Å². The van der Waals surface area contributed by atoms with Crippen molar-refractivity contribution in [1.29, 1.82) is 0 Å². The maximum absolute atomic E-state index is 12.5. The van der Waals surface area contributed by atoms with Crippen LogP contribution in [0.1, 0.15) is 78.3 Å². The quantitative estimate of drug-likeness (QED) is 0.119. The smallest absolute Gasteiger partial charge is 0.251 e. The Morgan fingerprint density at radius 2 is 1.61 bits per heavy atom. The number of aromatic nitrogens is 5. The van der Waals surface area contributed by atoms with Crippen LogP contribution in [-0.4, -0.2) is 37.0 Å². The Labute approximate surface area is 266 Å². The lowest BCUT2D eigenvalue weighted by Gasteiger charge is -2.11. The normalized spacial score (nSPS) is 11.0. The number of hydrogen-bond acceptors (Lipinski definition) is 5. The van der Waals surface area contributed by atoms with E-state index in [0.29, 0.717) is 24.6 Å². The van der Waals surface area contributed by atoms with Gasteiger partial charge in [-0.3, -0.25) is 9.48 Å². The van der Waals surface area contributed by atoms with Crippen LogP contribution in [0.25, 0.3) is 10.8 Å². The molecule has 0 radical (unpaired) electrons. The molecule has 2 aromatic heterocycles. The number of amides is 1. The molecule has 0 saturated heterocycles. The van der Waals surface area contributed by atoms with Crippen LogP contribution in [0.4, 0.5) is 5.95 Å². The first-order chi connectivity index (χ1) is 21.1. The predicted molar refractivity (Wildman–Crippen MR) is 180 cm³/mol. The first-order valence-electron chi connectivity index (χ1n) is 15.6. The van der Waals surface area contributed by atoms with Gasteiger partial charge in [0.05, 0.1) is 25.0 Å². The molecule has 2 heterocycles. The van der Waals surface area contributed by atoms with Crippen molar-refractivity contribution in [3.05, 3.63) is 107 Å². The molecule has 44 heavy (non-hydrogen) atoms. The standard InChI is InChI=1S/C35H43N7O.ClH/c1-2-3-5-10-27-15-19-30(20-16-27)34(43)37-21-22-41-26-32(39-40-41)13-6-4-7-14-33-24-38-35(36)42(33)25-28-17-18-29-11-8-9-12-31(29)23-28;/h8-9,11-12,15-20,23-24,26H,2-7,10,13-14,21-22,25H2,1H3,(H2,36,38)(H,37,43);1H. The summed E-state index contributed by atoms with van der Waals surface area (Å²) in [4.78, 5) is 16.9. The number of carbonyl (C=O) groups excluding carboxylic acids is 1. The van der Waals surface area contributed by atoms with Gasteiger partial charge in [0.2, 0.25) is 5.95 Å². The van der Waals surface area contributed by atoms with Crippen molar-refractivity contribution in [2.45, 2.75) is 77.8 Å². The Kier molecular flexibility index (Phi) is 12.4. The molecule has 3 N–H and O–H groups in total. The van der Waals surface area contributed by atoms with E-state index in [-0.39, 0.29) is 18.3 Å². The number of aryl methyl sites for hydroxylation is 3. The molecule has 5 rings (SSSR count). The molecular formula is C35H44ClN7O. The zero-order valence-corrected chi connectivity index (χ0v) is 26.4. The number of hydrogen-bond donors (Lipinski definition) is 2. The fraction of sp³-hybridized carbons (Fsp3) is 0.371. The maximum atomic E-state index is 12.5. The first-order valence-corrected chi connectivity index (χ1v) is 15.6. The summed E-state index contributed by atoms with van der Waals surface area (Å²) in [6, 6.07) is 22.9. The number of fused-ring (bicyclic) bond motifs is 1. The molecule has 0 atom stereocenters. The third-order valence-electron chi connectivity index (χ3n) is 7.99. The number of nitrogens with zero attached hydrogens (tertiary/aromatic N) is 5. The molecule has 0 spiro atoms. The second-order valence-electron chi connectivity index (χ2n) is 11.3. The first kappa shape index (κ1) is 32.7. The van der Waals surface area contributed by atoms with Gasteiger partial charge in [0.25, 0.3) is 5.91 Å². The number of unbranched alkanes of at least 4 members (excludes halogenated alkanes) is 4. The number of nitrogens with one attached hydrogen (secondary N) is 1. The molecule has 0 unspecified atom stereocenters. The number of imidazole rings is 1. The van der Waals surface area contributed by atoms with Crippen molar-refractivity contribution in [2.24, 2.45) is 0 Å². The fourth-order valence-electron chi connectivity index (χ4n) is 5.47. The van der Waals surface area contributed by atoms with Gasteiger partial charge in [-0.1, -0.05) is 79.9 Å². The van der Waals surface area contributed by atoms with E-state index in [9.17, 15) is 4.79 Å². The van der Waals surface area contributed by atoms with Crippen LogP contribution in [-0.2, 0) is 32.4 Å². The summed E-state index contributed by atoms with van der Waals surface area (Å²) in [6.07, 6.45) is 13.6. The van der Waals surface area contributed by atoms with E-state index in [1.165, 1.54) is 46.9 Å². The lowest BCUT2D eigenvalue weighted by molar-refractivity contribution is 0.0952. The summed E-state index contributed by atoms with van der Waals surface area (Å²) < 4.78 is 3.93. The summed E-state index contributed by atoms with van der Waals surface area (Å²) in [5, 5.41) is 14.0. The summed E-state index contributed by atoms with van der Waals surface area (Å²) in [5.41, 5.74) is 11.6. The molecule has 0 saturated carbocycles. The number of anilines is 1. The Hall–Kier alpha value is -4.17. The van der Waals surface area contributed by atoms with E-state index in [0.717, 1.165) is 50.8 Å². The molecule has 1 amide bonds. The van der Waals surface area contributed by atoms with Crippen LogP contribution >= 0.6 is 12.4 Å². The third-order valence-corrected chi connectivity index (χ3v) is 7.99. The number of nitrogens with two attached hydrogens (primary N) is 1. The van der Waals surface area contributed by atoms with Crippen molar-refractivity contribution < 1.29 is 4.79 Å². The van der Waals surface area contributed by atoms with E-state index in [1.807, 2.05) is 24.5 Å². The Morgan fingerprint density at radius 1 is 0.864 bits per heavy atom. The molecule has 0 fully saturated rings. The number of rotatable bonds is 16. The molecule has 5 aromatic rings. The molecule has 9 heteroatoms. The predicted octanol–water partition coefficient (Wildman–Crippen LogP) is 6.80. The van der Waals surface area contributed by atoms with Crippen molar-refractivity contribution in [3.63, 3.8) is 0 Å². The second-order valence-corrected chi connectivity index (χ2v) is 11.3. The number of nitrogen functional groups attached to an aromatic ring is 1. The Balaban J connectivity index is 0.00000442. The zero-order chi connectivity index (χ0) is 29.9. The summed E-state index contributed by atoms with van der Waals surface area (Å²) in [6.45, 7) is 4.03. The van der Waals surface area contributed by atoms with Crippen molar-refractivity contribution >= 4 is 35.0 Å². The summed E-state index contributed by atoms with van der Waals surface area (Å²) >= 11 is 0. The van der Waals surface area contributed by atoms with Crippen LogP contribution in [0.15, 0.2) is 79.1 Å². The molecule has 3 aromatic carbocycles. The minimum atomic E-state index is -0.0548. The highest BCUT2D eigenvalue weighted by atomic mass is 35.5. The van der Waals surface area contributed by atoms with Gasteiger partial charge in [-0.05, 0) is 78.6 Å². The van der Waals surface area contributed by atoms with E-state index in [4.69, 9.17) is 5.73 Å². The average Bonchev–Trinajstić information content (AvgIpc) is 3.63. The van der Waals surface area contributed by atoms with Gasteiger partial charge >= 0.3 is 0 Å². The van der Waals surface area contributed by atoms with E-state index in [1.54, 1.807) is 4.68 Å².